The molecule has 0 aromatic carbocycles. The zero-order valence-electron chi connectivity index (χ0n) is 9.36. The van der Waals surface area contributed by atoms with Gasteiger partial charge in [-0.05, 0) is 25.3 Å². The number of rotatable bonds is 2. The molecule has 2 rings (SSSR count). The Labute approximate surface area is 85.3 Å². The second-order valence-electron chi connectivity index (χ2n) is 5.12. The number of hydrogen-bond acceptors (Lipinski definition) is 2. The summed E-state index contributed by atoms with van der Waals surface area (Å²) in [5.41, 5.74) is 7.60. The topological polar surface area (TPSA) is 43.8 Å². The molecule has 1 heterocycles. The van der Waals surface area contributed by atoms with Crippen LogP contribution in [0.2, 0.25) is 0 Å². The van der Waals surface area contributed by atoms with Gasteiger partial charge in [0, 0.05) is 29.9 Å². The number of nitrogens with zero attached hydrogens (tertiary/aromatic N) is 2. The van der Waals surface area contributed by atoms with Crippen LogP contribution in [-0.2, 0) is 0 Å². The zero-order valence-corrected chi connectivity index (χ0v) is 9.36. The standard InChI is InChI=1S/C11H19N3/c1-7(2)14-8(5-6-13-14)9-10(12)11(9,3)4/h5-7,9-10H,12H2,1-4H3/t9-,10-/m0/s1. The van der Waals surface area contributed by atoms with E-state index in [1.54, 1.807) is 0 Å². The molecule has 0 unspecified atom stereocenters. The molecule has 2 N–H and O–H groups in total. The van der Waals surface area contributed by atoms with Crippen molar-refractivity contribution in [2.24, 2.45) is 11.1 Å². The van der Waals surface area contributed by atoms with Crippen molar-refractivity contribution in [2.45, 2.75) is 45.7 Å². The molecule has 14 heavy (non-hydrogen) atoms. The number of hydrogen-bond donors (Lipinski definition) is 1. The molecule has 1 fully saturated rings. The highest BCUT2D eigenvalue weighted by molar-refractivity contribution is 5.29. The van der Waals surface area contributed by atoms with Crippen molar-refractivity contribution in [1.29, 1.82) is 0 Å². The van der Waals surface area contributed by atoms with Crippen LogP contribution in [0.3, 0.4) is 0 Å². The van der Waals surface area contributed by atoms with Gasteiger partial charge < -0.3 is 5.73 Å². The average molecular weight is 193 g/mol. The molecule has 3 nitrogen and oxygen atoms in total. The van der Waals surface area contributed by atoms with E-state index in [2.05, 4.69) is 43.5 Å². The van der Waals surface area contributed by atoms with E-state index in [-0.39, 0.29) is 11.5 Å². The van der Waals surface area contributed by atoms with Gasteiger partial charge in [0.1, 0.15) is 0 Å². The highest BCUT2D eigenvalue weighted by Gasteiger charge is 2.57. The molecule has 1 aromatic heterocycles. The van der Waals surface area contributed by atoms with Crippen LogP contribution < -0.4 is 5.73 Å². The third-order valence-electron chi connectivity index (χ3n) is 3.42. The summed E-state index contributed by atoms with van der Waals surface area (Å²) >= 11 is 0. The lowest BCUT2D eigenvalue weighted by atomic mass is 10.1. The molecule has 1 aliphatic carbocycles. The Hall–Kier alpha value is -0.830. The Morgan fingerprint density at radius 3 is 2.50 bits per heavy atom. The van der Waals surface area contributed by atoms with Crippen LogP contribution in [0.5, 0.6) is 0 Å². The fourth-order valence-corrected chi connectivity index (χ4v) is 2.24. The summed E-state index contributed by atoms with van der Waals surface area (Å²) in [7, 11) is 0. The third kappa shape index (κ3) is 1.19. The van der Waals surface area contributed by atoms with Crippen LogP contribution in [0.15, 0.2) is 12.3 Å². The predicted octanol–water partition coefficient (Wildman–Crippen LogP) is 1.91. The summed E-state index contributed by atoms with van der Waals surface area (Å²) in [6.45, 7) is 8.74. The molecular formula is C11H19N3. The first-order valence-corrected chi connectivity index (χ1v) is 5.25. The van der Waals surface area contributed by atoms with Crippen LogP contribution in [0.25, 0.3) is 0 Å². The molecule has 0 spiro atoms. The van der Waals surface area contributed by atoms with E-state index in [4.69, 9.17) is 5.73 Å². The summed E-state index contributed by atoms with van der Waals surface area (Å²) in [5, 5.41) is 4.34. The van der Waals surface area contributed by atoms with Crippen LogP contribution in [0.4, 0.5) is 0 Å². The van der Waals surface area contributed by atoms with Gasteiger partial charge in [-0.1, -0.05) is 13.8 Å². The SMILES string of the molecule is CC(C)n1nccc1[C@H]1[C@H](N)C1(C)C. The van der Waals surface area contributed by atoms with E-state index in [1.807, 2.05) is 6.20 Å². The Balaban J connectivity index is 2.31. The molecule has 0 bridgehead atoms. The van der Waals surface area contributed by atoms with E-state index >= 15 is 0 Å². The van der Waals surface area contributed by atoms with Gasteiger partial charge in [-0.25, -0.2) is 0 Å². The Morgan fingerprint density at radius 1 is 1.50 bits per heavy atom. The first kappa shape index (κ1) is 9.71. The molecule has 0 saturated heterocycles. The summed E-state index contributed by atoms with van der Waals surface area (Å²) in [6, 6.07) is 2.81. The maximum atomic E-state index is 6.06. The molecule has 0 radical (unpaired) electrons. The van der Waals surface area contributed by atoms with Crippen LogP contribution in [-0.4, -0.2) is 15.8 Å². The van der Waals surface area contributed by atoms with E-state index < -0.39 is 0 Å². The van der Waals surface area contributed by atoms with Crippen molar-refractivity contribution >= 4 is 0 Å². The molecule has 1 saturated carbocycles. The summed E-state index contributed by atoms with van der Waals surface area (Å²) in [5.74, 6) is 0.479. The third-order valence-corrected chi connectivity index (χ3v) is 3.42. The normalized spacial score (nSPS) is 29.6. The van der Waals surface area contributed by atoms with Crippen molar-refractivity contribution in [3.05, 3.63) is 18.0 Å². The van der Waals surface area contributed by atoms with E-state index in [9.17, 15) is 0 Å². The largest absolute Gasteiger partial charge is 0.327 e. The molecule has 0 aliphatic heterocycles. The lowest BCUT2D eigenvalue weighted by Gasteiger charge is -2.11. The molecule has 0 amide bonds. The smallest absolute Gasteiger partial charge is 0.0492 e. The van der Waals surface area contributed by atoms with E-state index in [0.717, 1.165) is 0 Å². The first-order valence-electron chi connectivity index (χ1n) is 5.25. The summed E-state index contributed by atoms with van der Waals surface area (Å²) in [6.07, 6.45) is 1.87. The minimum Gasteiger partial charge on any atom is -0.327 e. The fraction of sp³-hybridized carbons (Fsp3) is 0.727. The Kier molecular flexibility index (Phi) is 1.96. The minimum absolute atomic E-state index is 0.243. The zero-order chi connectivity index (χ0) is 10.5. The lowest BCUT2D eigenvalue weighted by molar-refractivity contribution is 0.494. The second kappa shape index (κ2) is 2.83. The van der Waals surface area contributed by atoms with Gasteiger partial charge in [0.25, 0.3) is 0 Å². The molecule has 1 aromatic rings. The Morgan fingerprint density at radius 2 is 2.07 bits per heavy atom. The molecule has 2 atom stereocenters. The van der Waals surface area contributed by atoms with Crippen LogP contribution >= 0.6 is 0 Å². The highest BCUT2D eigenvalue weighted by Crippen LogP contribution is 2.57. The second-order valence-corrected chi connectivity index (χ2v) is 5.12. The van der Waals surface area contributed by atoms with Gasteiger partial charge in [0.15, 0.2) is 0 Å². The maximum absolute atomic E-state index is 6.06. The van der Waals surface area contributed by atoms with Gasteiger partial charge in [-0.3, -0.25) is 4.68 Å². The van der Waals surface area contributed by atoms with Crippen molar-refractivity contribution in [2.75, 3.05) is 0 Å². The minimum atomic E-state index is 0.243. The highest BCUT2D eigenvalue weighted by atomic mass is 15.3. The molecule has 3 heteroatoms. The first-order chi connectivity index (χ1) is 6.46. The van der Waals surface area contributed by atoms with Crippen molar-refractivity contribution in [1.82, 2.24) is 9.78 Å². The van der Waals surface area contributed by atoms with Gasteiger partial charge >= 0.3 is 0 Å². The summed E-state index contributed by atoms with van der Waals surface area (Å²) < 4.78 is 2.08. The molecule has 78 valence electrons. The van der Waals surface area contributed by atoms with Gasteiger partial charge in [0.05, 0.1) is 0 Å². The van der Waals surface area contributed by atoms with Crippen molar-refractivity contribution < 1.29 is 0 Å². The Bertz CT molecular complexity index is 338. The maximum Gasteiger partial charge on any atom is 0.0492 e. The van der Waals surface area contributed by atoms with Crippen molar-refractivity contribution in [3.8, 4) is 0 Å². The number of nitrogens with two attached hydrogens (primary N) is 1. The monoisotopic (exact) mass is 193 g/mol. The van der Waals surface area contributed by atoms with Gasteiger partial charge in [-0.15, -0.1) is 0 Å². The van der Waals surface area contributed by atoms with E-state index in [0.29, 0.717) is 12.0 Å². The van der Waals surface area contributed by atoms with Gasteiger partial charge in [0.2, 0.25) is 0 Å². The average Bonchev–Trinajstić information content (AvgIpc) is 2.54. The van der Waals surface area contributed by atoms with Gasteiger partial charge in [-0.2, -0.15) is 5.10 Å². The lowest BCUT2D eigenvalue weighted by Crippen LogP contribution is -2.09. The molecular weight excluding hydrogens is 174 g/mol. The summed E-state index contributed by atoms with van der Waals surface area (Å²) in [4.78, 5) is 0. The predicted molar refractivity (Wildman–Crippen MR) is 57.1 cm³/mol. The van der Waals surface area contributed by atoms with Crippen LogP contribution in [0, 0.1) is 5.41 Å². The molecule has 1 aliphatic rings. The fourth-order valence-electron chi connectivity index (χ4n) is 2.24. The van der Waals surface area contributed by atoms with Crippen LogP contribution in [0.1, 0.15) is 45.3 Å². The number of aromatic nitrogens is 2. The van der Waals surface area contributed by atoms with E-state index in [1.165, 1.54) is 5.69 Å². The quantitative estimate of drug-likeness (QED) is 0.779. The van der Waals surface area contributed by atoms with Crippen molar-refractivity contribution in [3.63, 3.8) is 0 Å².